The van der Waals surface area contributed by atoms with E-state index in [9.17, 15) is 101 Å². The topological polar surface area (TPSA) is 97.7 Å². The molecule has 26 heteroatoms. The van der Waals surface area contributed by atoms with E-state index in [1.165, 1.54) is 12.1 Å². The lowest BCUT2D eigenvalue weighted by Crippen LogP contribution is -2.34. The molecule has 4 rings (SSSR count). The summed E-state index contributed by atoms with van der Waals surface area (Å²) >= 11 is 0. The Bertz CT molecular complexity index is 2100. The number of rotatable bonds is 4. The standard InChI is InChI=1S/C14H8F6.C13H6F6O.C2F6O5S2.CH4/c1-7-8(9-3-2-4-11(15)13(9)17)5-6-10(12(7)16)14(18,19)20;14-9-3-1-2-6(10(9)15)7-4-5-8(13(17,18)19)11(16)12(7)20;3-1(4,5)14(9,10)13-15(11,12)2(6,7)8;/h2-6H,1H3;1-5,20H;;1H4. The summed E-state index contributed by atoms with van der Waals surface area (Å²) in [5.74, 6) is -9.83. The Morgan fingerprint density at radius 1 is 0.482 bits per heavy atom. The second-order valence-electron chi connectivity index (χ2n) is 9.99. The van der Waals surface area contributed by atoms with E-state index in [1.54, 1.807) is 0 Å². The molecule has 0 atom stereocenters. The van der Waals surface area contributed by atoms with E-state index >= 15 is 0 Å². The molecule has 0 saturated heterocycles. The maximum Gasteiger partial charge on any atom is 0.524 e. The van der Waals surface area contributed by atoms with Crippen molar-refractivity contribution in [3.8, 4) is 28.0 Å². The molecule has 0 amide bonds. The van der Waals surface area contributed by atoms with E-state index in [0.29, 0.717) is 18.2 Å². The van der Waals surface area contributed by atoms with Gasteiger partial charge in [0.2, 0.25) is 0 Å². The molecule has 0 aliphatic heterocycles. The van der Waals surface area contributed by atoms with E-state index in [4.69, 9.17) is 0 Å². The van der Waals surface area contributed by atoms with Crippen molar-refractivity contribution in [2.75, 3.05) is 0 Å². The molecule has 56 heavy (non-hydrogen) atoms. The summed E-state index contributed by atoms with van der Waals surface area (Å²) in [7, 11) is -13.7. The zero-order chi connectivity index (χ0) is 42.9. The van der Waals surface area contributed by atoms with Crippen LogP contribution >= 0.6 is 0 Å². The lowest BCUT2D eigenvalue weighted by molar-refractivity contribution is -0.140. The van der Waals surface area contributed by atoms with Gasteiger partial charge in [-0.25, -0.2) is 26.3 Å². The summed E-state index contributed by atoms with van der Waals surface area (Å²) in [6.07, 6.45) is -9.84. The number of aromatic hydroxyl groups is 1. The molecule has 0 saturated carbocycles. The third-order valence-corrected chi connectivity index (χ3v) is 8.91. The fourth-order valence-corrected chi connectivity index (χ4v) is 5.38. The van der Waals surface area contributed by atoms with Crippen LogP contribution in [0.15, 0.2) is 60.7 Å². The molecule has 1 N–H and O–H groups in total. The van der Waals surface area contributed by atoms with Crippen molar-refractivity contribution in [1.29, 1.82) is 0 Å². The van der Waals surface area contributed by atoms with Crippen LogP contribution in [0.1, 0.15) is 24.1 Å². The molecule has 0 aromatic heterocycles. The SMILES string of the molecule is C.Cc1c(-c2cccc(F)c2F)ccc(C(F)(F)F)c1F.O=S(=O)(OS(=O)(=O)C(F)(F)F)C(F)(F)F.Oc1c(-c2cccc(F)c2F)ccc(C(F)(F)F)c1F. The van der Waals surface area contributed by atoms with Crippen LogP contribution in [0, 0.1) is 41.8 Å². The predicted molar refractivity (Wildman–Crippen MR) is 158 cm³/mol. The second-order valence-corrected chi connectivity index (χ2v) is 13.3. The fourth-order valence-electron chi connectivity index (χ4n) is 3.82. The predicted octanol–water partition coefficient (Wildman–Crippen LogP) is 10.9. The van der Waals surface area contributed by atoms with Crippen LogP contribution < -0.4 is 0 Å². The molecule has 0 bridgehead atoms. The number of hydrogen-bond donors (Lipinski definition) is 1. The Labute approximate surface area is 302 Å². The number of benzene rings is 4. The number of halogens is 18. The highest BCUT2D eigenvalue weighted by Gasteiger charge is 2.57. The Balaban J connectivity index is 0.000000422. The number of phenolic OH excluding ortho intramolecular Hbond substituents is 1. The monoisotopic (exact) mass is 880 g/mol. The smallest absolute Gasteiger partial charge is 0.504 e. The van der Waals surface area contributed by atoms with Crippen molar-refractivity contribution in [3.63, 3.8) is 0 Å². The van der Waals surface area contributed by atoms with Crippen LogP contribution in [0.5, 0.6) is 5.75 Å². The third kappa shape index (κ3) is 11.2. The summed E-state index contributed by atoms with van der Waals surface area (Å²) in [5, 5.41) is 9.45. The lowest BCUT2D eigenvalue weighted by Gasteiger charge is -2.13. The van der Waals surface area contributed by atoms with E-state index in [-0.39, 0.29) is 24.1 Å². The summed E-state index contributed by atoms with van der Waals surface area (Å²) in [4.78, 5) is 0. The van der Waals surface area contributed by atoms with Crippen molar-refractivity contribution < 1.29 is 105 Å². The van der Waals surface area contributed by atoms with Crippen LogP contribution in [-0.4, -0.2) is 33.0 Å². The first kappa shape index (κ1) is 49.3. The van der Waals surface area contributed by atoms with Crippen molar-refractivity contribution >= 4 is 20.2 Å². The minimum Gasteiger partial charge on any atom is -0.504 e. The van der Waals surface area contributed by atoms with Gasteiger partial charge in [0.25, 0.3) is 0 Å². The molecule has 0 heterocycles. The average Bonchev–Trinajstić information content (AvgIpc) is 3.01. The molecule has 0 fully saturated rings. The van der Waals surface area contributed by atoms with Gasteiger partial charge in [0.1, 0.15) is 5.82 Å². The summed E-state index contributed by atoms with van der Waals surface area (Å²) in [6.45, 7) is 1.09. The molecule has 0 radical (unpaired) electrons. The third-order valence-electron chi connectivity index (χ3n) is 6.34. The molecule has 4 aromatic carbocycles. The first-order chi connectivity index (χ1) is 24.7. The van der Waals surface area contributed by atoms with Crippen molar-refractivity contribution in [2.24, 2.45) is 0 Å². The van der Waals surface area contributed by atoms with E-state index in [2.05, 4.69) is 0 Å². The van der Waals surface area contributed by atoms with Crippen molar-refractivity contribution in [1.82, 2.24) is 0 Å². The minimum atomic E-state index is -6.85. The molecule has 0 spiro atoms. The summed E-state index contributed by atoms with van der Waals surface area (Å²) in [5.41, 5.74) is -17.5. The zero-order valence-electron chi connectivity index (χ0n) is 25.9. The normalized spacial score (nSPS) is 12.5. The van der Waals surface area contributed by atoms with Gasteiger partial charge in [0.15, 0.2) is 34.8 Å². The highest BCUT2D eigenvalue weighted by atomic mass is 32.3. The average molecular weight is 881 g/mol. The maximum atomic E-state index is 13.7. The number of alkyl halides is 12. The molecule has 6 nitrogen and oxygen atoms in total. The van der Waals surface area contributed by atoms with Crippen LogP contribution in [-0.2, 0) is 36.2 Å². The van der Waals surface area contributed by atoms with E-state index in [1.807, 2.05) is 3.63 Å². The number of hydrogen-bond acceptors (Lipinski definition) is 6. The van der Waals surface area contributed by atoms with Crippen molar-refractivity contribution in [2.45, 2.75) is 37.7 Å². The molecular formula is C30H18F18O6S2. The first-order valence-corrected chi connectivity index (χ1v) is 16.2. The largest absolute Gasteiger partial charge is 0.524 e. The number of phenols is 1. The molecule has 0 aliphatic rings. The Kier molecular flexibility index (Phi) is 15.1. The summed E-state index contributed by atoms with van der Waals surface area (Å²) < 4.78 is 265. The Hall–Kier alpha value is -4.72. The van der Waals surface area contributed by atoms with Gasteiger partial charge in [0.05, 0.1) is 11.1 Å². The second kappa shape index (κ2) is 17.2. The van der Waals surface area contributed by atoms with Crippen LogP contribution in [0.25, 0.3) is 22.3 Å². The highest BCUT2D eigenvalue weighted by molar-refractivity contribution is 8.00. The fraction of sp³-hybridized carbons (Fsp3) is 0.200. The molecule has 312 valence electrons. The molecular weight excluding hydrogens is 862 g/mol. The van der Waals surface area contributed by atoms with Gasteiger partial charge in [-0.3, -0.25) is 0 Å². The molecule has 4 aromatic rings. The molecule has 0 unspecified atom stereocenters. The minimum absolute atomic E-state index is 0. The van der Waals surface area contributed by atoms with E-state index in [0.717, 1.165) is 37.3 Å². The lowest BCUT2D eigenvalue weighted by atomic mass is 9.97. The van der Waals surface area contributed by atoms with Crippen LogP contribution in [0.2, 0.25) is 0 Å². The van der Waals surface area contributed by atoms with E-state index < -0.39 is 107 Å². The first-order valence-electron chi connectivity index (χ1n) is 13.3. The van der Waals surface area contributed by atoms with Gasteiger partial charge in [-0.1, -0.05) is 37.8 Å². The highest BCUT2D eigenvalue weighted by Crippen LogP contribution is 2.41. The zero-order valence-corrected chi connectivity index (χ0v) is 27.5. The van der Waals surface area contributed by atoms with Gasteiger partial charge >= 0.3 is 43.6 Å². The van der Waals surface area contributed by atoms with Gasteiger partial charge in [-0.05, 0) is 48.4 Å². The Morgan fingerprint density at radius 2 is 0.821 bits per heavy atom. The maximum absolute atomic E-state index is 13.7. The Morgan fingerprint density at radius 3 is 1.18 bits per heavy atom. The van der Waals surface area contributed by atoms with Crippen molar-refractivity contribution in [3.05, 3.63) is 112 Å². The van der Waals surface area contributed by atoms with Gasteiger partial charge in [0, 0.05) is 16.7 Å². The van der Waals surface area contributed by atoms with Gasteiger partial charge < -0.3 is 5.11 Å². The van der Waals surface area contributed by atoms with Crippen LogP contribution in [0.3, 0.4) is 0 Å². The summed E-state index contributed by atoms with van der Waals surface area (Å²) in [6, 6.07) is 8.61. The van der Waals surface area contributed by atoms with Gasteiger partial charge in [-0.2, -0.15) is 69.5 Å². The molecule has 0 aliphatic carbocycles. The quantitative estimate of drug-likeness (QED) is 0.162. The van der Waals surface area contributed by atoms with Gasteiger partial charge in [-0.15, -0.1) is 3.63 Å². The van der Waals surface area contributed by atoms with Crippen LogP contribution in [0.4, 0.5) is 79.0 Å².